The Hall–Kier alpha value is -2.99. The summed E-state index contributed by atoms with van der Waals surface area (Å²) in [5, 5.41) is 10.5. The SMILES string of the molecule is CCN(CC)Cc1c(O)cc(C)c2c1O/C(=C\c1ccc(OC)cc1OC)C2=O. The minimum absolute atomic E-state index is 0.143. The molecule has 29 heavy (non-hydrogen) atoms. The minimum atomic E-state index is -0.198. The van der Waals surface area contributed by atoms with E-state index in [-0.39, 0.29) is 17.3 Å². The Bertz CT molecular complexity index is 960. The topological polar surface area (TPSA) is 68.2 Å². The summed E-state index contributed by atoms with van der Waals surface area (Å²) in [5.41, 5.74) is 2.53. The van der Waals surface area contributed by atoms with Crippen molar-refractivity contribution in [2.24, 2.45) is 0 Å². The number of allylic oxidation sites excluding steroid dienone is 1. The molecule has 0 saturated carbocycles. The van der Waals surface area contributed by atoms with Gasteiger partial charge in [-0.3, -0.25) is 9.69 Å². The normalized spacial score (nSPS) is 14.3. The van der Waals surface area contributed by atoms with Gasteiger partial charge in [0.2, 0.25) is 5.78 Å². The second-order valence-corrected chi connectivity index (χ2v) is 6.90. The number of ether oxygens (including phenoxy) is 3. The molecule has 1 heterocycles. The van der Waals surface area contributed by atoms with Crippen molar-refractivity contribution < 1.29 is 24.1 Å². The third-order valence-electron chi connectivity index (χ3n) is 5.22. The number of hydrogen-bond acceptors (Lipinski definition) is 6. The molecular weight excluding hydrogens is 370 g/mol. The largest absolute Gasteiger partial charge is 0.507 e. The molecule has 0 unspecified atom stereocenters. The summed E-state index contributed by atoms with van der Waals surface area (Å²) >= 11 is 0. The maximum atomic E-state index is 13.1. The number of carbonyl (C=O) groups is 1. The number of methoxy groups -OCH3 is 2. The van der Waals surface area contributed by atoms with E-state index in [1.807, 2.05) is 6.07 Å². The molecule has 0 fully saturated rings. The Morgan fingerprint density at radius 3 is 2.48 bits per heavy atom. The average Bonchev–Trinajstić information content (AvgIpc) is 3.05. The summed E-state index contributed by atoms with van der Waals surface area (Å²) in [6, 6.07) is 6.99. The molecule has 2 aromatic carbocycles. The first-order valence-electron chi connectivity index (χ1n) is 9.67. The summed E-state index contributed by atoms with van der Waals surface area (Å²) in [6.07, 6.45) is 1.66. The summed E-state index contributed by atoms with van der Waals surface area (Å²) < 4.78 is 16.6. The smallest absolute Gasteiger partial charge is 0.232 e. The number of phenolic OH excluding ortho intramolecular Hbond substituents is 1. The van der Waals surface area contributed by atoms with Crippen LogP contribution >= 0.6 is 0 Å². The van der Waals surface area contributed by atoms with Crippen molar-refractivity contribution in [3.05, 3.63) is 52.3 Å². The van der Waals surface area contributed by atoms with E-state index in [1.165, 1.54) is 0 Å². The Labute approximate surface area is 171 Å². The van der Waals surface area contributed by atoms with Gasteiger partial charge in [-0.15, -0.1) is 0 Å². The first-order chi connectivity index (χ1) is 13.9. The van der Waals surface area contributed by atoms with Gasteiger partial charge in [0, 0.05) is 18.2 Å². The standard InChI is InChI=1S/C23H27NO5/c1-6-24(7-2)13-17-18(25)10-14(3)21-22(26)20(29-23(17)21)11-15-8-9-16(27-4)12-19(15)28-5/h8-12,25H,6-7,13H2,1-5H3/b20-11-. The van der Waals surface area contributed by atoms with Gasteiger partial charge in [-0.1, -0.05) is 13.8 Å². The molecule has 0 spiro atoms. The van der Waals surface area contributed by atoms with Crippen LogP contribution in [0.1, 0.15) is 40.9 Å². The van der Waals surface area contributed by atoms with Crippen molar-refractivity contribution >= 4 is 11.9 Å². The molecular formula is C23H27NO5. The van der Waals surface area contributed by atoms with Crippen LogP contribution in [0.5, 0.6) is 23.0 Å². The molecule has 6 heteroatoms. The van der Waals surface area contributed by atoms with E-state index in [1.54, 1.807) is 45.4 Å². The zero-order valence-electron chi connectivity index (χ0n) is 17.5. The van der Waals surface area contributed by atoms with Crippen LogP contribution < -0.4 is 14.2 Å². The molecule has 0 amide bonds. The predicted octanol–water partition coefficient (Wildman–Crippen LogP) is 4.18. The van der Waals surface area contributed by atoms with Crippen molar-refractivity contribution in [2.45, 2.75) is 27.3 Å². The number of carbonyl (C=O) groups excluding carboxylic acids is 1. The van der Waals surface area contributed by atoms with Crippen LogP contribution in [-0.2, 0) is 6.54 Å². The van der Waals surface area contributed by atoms with Crippen LogP contribution in [0.15, 0.2) is 30.0 Å². The molecule has 0 atom stereocenters. The summed E-state index contributed by atoms with van der Waals surface area (Å²) in [6.45, 7) is 8.09. The average molecular weight is 397 g/mol. The number of benzene rings is 2. The van der Waals surface area contributed by atoms with Crippen LogP contribution in [0.3, 0.4) is 0 Å². The monoisotopic (exact) mass is 397 g/mol. The van der Waals surface area contributed by atoms with Crippen molar-refractivity contribution in [3.8, 4) is 23.0 Å². The van der Waals surface area contributed by atoms with Crippen LogP contribution in [0.2, 0.25) is 0 Å². The lowest BCUT2D eigenvalue weighted by molar-refractivity contribution is 0.101. The molecule has 0 saturated heterocycles. The highest BCUT2D eigenvalue weighted by Gasteiger charge is 2.33. The Balaban J connectivity index is 2.05. The number of fused-ring (bicyclic) bond motifs is 1. The van der Waals surface area contributed by atoms with Crippen molar-refractivity contribution in [1.29, 1.82) is 0 Å². The van der Waals surface area contributed by atoms with E-state index in [0.29, 0.717) is 46.0 Å². The number of aryl methyl sites for hydroxylation is 1. The van der Waals surface area contributed by atoms with Crippen molar-refractivity contribution in [1.82, 2.24) is 4.90 Å². The fourth-order valence-corrected chi connectivity index (χ4v) is 3.48. The number of aromatic hydroxyl groups is 1. The van der Waals surface area contributed by atoms with Gasteiger partial charge in [-0.25, -0.2) is 0 Å². The fourth-order valence-electron chi connectivity index (χ4n) is 3.48. The summed E-state index contributed by atoms with van der Waals surface area (Å²) in [4.78, 5) is 15.2. The van der Waals surface area contributed by atoms with Gasteiger partial charge in [0.05, 0.1) is 25.3 Å². The van der Waals surface area contributed by atoms with E-state index in [2.05, 4.69) is 18.7 Å². The Morgan fingerprint density at radius 1 is 1.14 bits per heavy atom. The van der Waals surface area contributed by atoms with Gasteiger partial charge in [0.1, 0.15) is 23.0 Å². The van der Waals surface area contributed by atoms with Crippen LogP contribution in [0.25, 0.3) is 6.08 Å². The molecule has 3 rings (SSSR count). The molecule has 154 valence electrons. The third kappa shape index (κ3) is 3.93. The number of hydrogen-bond donors (Lipinski definition) is 1. The van der Waals surface area contributed by atoms with Gasteiger partial charge in [-0.2, -0.15) is 0 Å². The Morgan fingerprint density at radius 2 is 1.86 bits per heavy atom. The Kier molecular flexibility index (Phi) is 6.13. The van der Waals surface area contributed by atoms with Gasteiger partial charge >= 0.3 is 0 Å². The lowest BCUT2D eigenvalue weighted by Gasteiger charge is -2.20. The van der Waals surface area contributed by atoms with Gasteiger partial charge in [0.25, 0.3) is 0 Å². The maximum Gasteiger partial charge on any atom is 0.232 e. The maximum absolute atomic E-state index is 13.1. The lowest BCUT2D eigenvalue weighted by Crippen LogP contribution is -2.22. The molecule has 0 aliphatic carbocycles. The number of Topliss-reactive ketones (excluding diaryl/α,β-unsaturated/α-hetero) is 1. The highest BCUT2D eigenvalue weighted by molar-refractivity contribution is 6.16. The van der Waals surface area contributed by atoms with E-state index in [4.69, 9.17) is 14.2 Å². The van der Waals surface area contributed by atoms with Crippen LogP contribution in [0, 0.1) is 6.92 Å². The fraction of sp³-hybridized carbons (Fsp3) is 0.348. The van der Waals surface area contributed by atoms with E-state index < -0.39 is 0 Å². The number of ketones is 1. The summed E-state index contributed by atoms with van der Waals surface area (Å²) in [7, 11) is 3.15. The number of nitrogens with zero attached hydrogens (tertiary/aromatic N) is 1. The van der Waals surface area contributed by atoms with Crippen molar-refractivity contribution in [3.63, 3.8) is 0 Å². The number of rotatable bonds is 7. The number of phenols is 1. The van der Waals surface area contributed by atoms with Crippen LogP contribution in [-0.4, -0.2) is 43.1 Å². The highest BCUT2D eigenvalue weighted by atomic mass is 16.5. The van der Waals surface area contributed by atoms with E-state index >= 15 is 0 Å². The first kappa shape index (κ1) is 20.7. The van der Waals surface area contributed by atoms with Gasteiger partial charge < -0.3 is 19.3 Å². The molecule has 0 bridgehead atoms. The molecule has 1 aliphatic rings. The van der Waals surface area contributed by atoms with Crippen LogP contribution in [0.4, 0.5) is 0 Å². The van der Waals surface area contributed by atoms with E-state index in [9.17, 15) is 9.90 Å². The molecule has 2 aromatic rings. The van der Waals surface area contributed by atoms with Gasteiger partial charge in [-0.05, 0) is 49.9 Å². The zero-order valence-corrected chi connectivity index (χ0v) is 17.5. The van der Waals surface area contributed by atoms with E-state index in [0.717, 1.165) is 13.1 Å². The highest BCUT2D eigenvalue weighted by Crippen LogP contribution is 2.42. The third-order valence-corrected chi connectivity index (χ3v) is 5.22. The predicted molar refractivity (Wildman–Crippen MR) is 112 cm³/mol. The second-order valence-electron chi connectivity index (χ2n) is 6.90. The lowest BCUT2D eigenvalue weighted by atomic mass is 9.99. The molecule has 0 aromatic heterocycles. The minimum Gasteiger partial charge on any atom is -0.507 e. The second kappa shape index (κ2) is 8.57. The first-order valence-corrected chi connectivity index (χ1v) is 9.67. The molecule has 1 aliphatic heterocycles. The molecule has 6 nitrogen and oxygen atoms in total. The van der Waals surface area contributed by atoms with Crippen molar-refractivity contribution in [2.75, 3.05) is 27.3 Å². The summed E-state index contributed by atoms with van der Waals surface area (Å²) in [5.74, 6) is 1.83. The van der Waals surface area contributed by atoms with Gasteiger partial charge in [0.15, 0.2) is 5.76 Å². The molecule has 0 radical (unpaired) electrons. The zero-order chi connectivity index (χ0) is 21.1. The molecule has 1 N–H and O–H groups in total. The quantitative estimate of drug-likeness (QED) is 0.707.